The molecule has 0 aromatic rings. The van der Waals surface area contributed by atoms with E-state index in [0.717, 1.165) is 5.92 Å². The van der Waals surface area contributed by atoms with E-state index < -0.39 is 0 Å². The summed E-state index contributed by atoms with van der Waals surface area (Å²) in [7, 11) is 1.92. The zero-order chi connectivity index (χ0) is 7.11. The maximum Gasteiger partial charge on any atom is 0.00276 e. The van der Waals surface area contributed by atoms with Crippen LogP contribution in [-0.4, -0.2) is 7.05 Å². The van der Waals surface area contributed by atoms with Crippen molar-refractivity contribution in [2.45, 2.75) is 26.7 Å². The van der Waals surface area contributed by atoms with Gasteiger partial charge in [-0.3, -0.25) is 0 Å². The molecule has 1 nitrogen and oxygen atoms in total. The number of nitrogens with one attached hydrogen (secondary N) is 1. The van der Waals surface area contributed by atoms with E-state index >= 15 is 0 Å². The van der Waals surface area contributed by atoms with Crippen LogP contribution in [0.3, 0.4) is 0 Å². The molecule has 0 saturated heterocycles. The van der Waals surface area contributed by atoms with E-state index in [4.69, 9.17) is 0 Å². The molecule has 54 valence electrons. The van der Waals surface area contributed by atoms with Crippen LogP contribution in [0.25, 0.3) is 0 Å². The Morgan fingerprint density at radius 1 is 1.56 bits per heavy atom. The molecule has 0 amide bonds. The predicted octanol–water partition coefficient (Wildman–Crippen LogP) is 2.16. The summed E-state index contributed by atoms with van der Waals surface area (Å²) in [5, 5.41) is 2.97. The summed E-state index contributed by atoms with van der Waals surface area (Å²) in [6.45, 7) is 4.48. The highest BCUT2D eigenvalue weighted by Crippen LogP contribution is 2.05. The molecule has 9 heavy (non-hydrogen) atoms. The molecule has 0 aliphatic heterocycles. The van der Waals surface area contributed by atoms with E-state index in [1.807, 2.05) is 13.2 Å². The van der Waals surface area contributed by atoms with Crippen LogP contribution in [-0.2, 0) is 0 Å². The second-order valence-corrected chi connectivity index (χ2v) is 2.44. The van der Waals surface area contributed by atoms with Crippen LogP contribution in [0.15, 0.2) is 12.3 Å². The third-order valence-corrected chi connectivity index (χ3v) is 1.52. The van der Waals surface area contributed by atoms with Crippen molar-refractivity contribution in [3.8, 4) is 0 Å². The molecule has 0 rings (SSSR count). The van der Waals surface area contributed by atoms with Gasteiger partial charge in [0.15, 0.2) is 0 Å². The van der Waals surface area contributed by atoms with Crippen molar-refractivity contribution in [1.82, 2.24) is 5.32 Å². The van der Waals surface area contributed by atoms with E-state index in [2.05, 4.69) is 25.2 Å². The smallest absolute Gasteiger partial charge is 0.00276 e. The van der Waals surface area contributed by atoms with E-state index in [-0.39, 0.29) is 0 Å². The second kappa shape index (κ2) is 5.67. The highest BCUT2D eigenvalue weighted by molar-refractivity contribution is 4.79. The van der Waals surface area contributed by atoms with Crippen LogP contribution in [0, 0.1) is 5.92 Å². The van der Waals surface area contributed by atoms with Crippen LogP contribution in [0.4, 0.5) is 0 Å². The first-order valence-electron chi connectivity index (χ1n) is 3.63. The van der Waals surface area contributed by atoms with E-state index in [1.54, 1.807) is 0 Å². The van der Waals surface area contributed by atoms with Crippen molar-refractivity contribution < 1.29 is 0 Å². The van der Waals surface area contributed by atoms with Crippen molar-refractivity contribution in [2.24, 2.45) is 5.92 Å². The molecule has 0 aromatic carbocycles. The molecule has 0 spiro atoms. The average molecular weight is 127 g/mol. The van der Waals surface area contributed by atoms with E-state index in [1.165, 1.54) is 12.8 Å². The third-order valence-electron chi connectivity index (χ3n) is 1.52. The molecule has 0 aromatic heterocycles. The summed E-state index contributed by atoms with van der Waals surface area (Å²) in [6, 6.07) is 0. The minimum Gasteiger partial charge on any atom is -0.394 e. The Kier molecular flexibility index (Phi) is 5.38. The van der Waals surface area contributed by atoms with Crippen LogP contribution in [0.5, 0.6) is 0 Å². The van der Waals surface area contributed by atoms with Crippen LogP contribution in [0.2, 0.25) is 0 Å². The SMILES string of the molecule is CCC(C)CC=CNC. The van der Waals surface area contributed by atoms with Crippen molar-refractivity contribution in [3.63, 3.8) is 0 Å². The van der Waals surface area contributed by atoms with E-state index in [9.17, 15) is 0 Å². The Balaban J connectivity index is 3.15. The summed E-state index contributed by atoms with van der Waals surface area (Å²) in [5.41, 5.74) is 0. The molecule has 0 bridgehead atoms. The lowest BCUT2D eigenvalue weighted by Gasteiger charge is -2.01. The van der Waals surface area contributed by atoms with Crippen molar-refractivity contribution in [3.05, 3.63) is 12.3 Å². The summed E-state index contributed by atoms with van der Waals surface area (Å²) >= 11 is 0. The molecule has 0 saturated carbocycles. The van der Waals surface area contributed by atoms with Gasteiger partial charge in [-0.25, -0.2) is 0 Å². The maximum absolute atomic E-state index is 2.97. The molecule has 0 aliphatic rings. The zero-order valence-corrected chi connectivity index (χ0v) is 6.65. The highest BCUT2D eigenvalue weighted by Gasteiger charge is 1.91. The fourth-order valence-electron chi connectivity index (χ4n) is 0.585. The summed E-state index contributed by atoms with van der Waals surface area (Å²) in [6.07, 6.45) is 6.63. The molecule has 1 unspecified atom stereocenters. The summed E-state index contributed by atoms with van der Waals surface area (Å²) in [4.78, 5) is 0. The first-order chi connectivity index (χ1) is 4.31. The molecule has 1 heteroatoms. The topological polar surface area (TPSA) is 12.0 Å². The summed E-state index contributed by atoms with van der Waals surface area (Å²) < 4.78 is 0. The first-order valence-corrected chi connectivity index (χ1v) is 3.63. The van der Waals surface area contributed by atoms with Gasteiger partial charge in [0.05, 0.1) is 0 Å². The monoisotopic (exact) mass is 127 g/mol. The molecule has 0 heterocycles. The van der Waals surface area contributed by atoms with Gasteiger partial charge in [0, 0.05) is 7.05 Å². The van der Waals surface area contributed by atoms with Gasteiger partial charge in [0.25, 0.3) is 0 Å². The summed E-state index contributed by atoms with van der Waals surface area (Å²) in [5.74, 6) is 0.828. The number of hydrogen-bond donors (Lipinski definition) is 1. The average Bonchev–Trinajstić information content (AvgIpc) is 1.89. The minimum absolute atomic E-state index is 0.828. The lowest BCUT2D eigenvalue weighted by molar-refractivity contribution is 0.571. The third kappa shape index (κ3) is 5.41. The standard InChI is InChI=1S/C8H17N/c1-4-8(2)6-5-7-9-3/h5,7-9H,4,6H2,1-3H3. The van der Waals surface area contributed by atoms with Gasteiger partial charge >= 0.3 is 0 Å². The van der Waals surface area contributed by atoms with E-state index in [0.29, 0.717) is 0 Å². The Morgan fingerprint density at radius 2 is 2.22 bits per heavy atom. The van der Waals surface area contributed by atoms with Gasteiger partial charge < -0.3 is 5.32 Å². The van der Waals surface area contributed by atoms with Crippen molar-refractivity contribution in [1.29, 1.82) is 0 Å². The van der Waals surface area contributed by atoms with Gasteiger partial charge in [-0.05, 0) is 18.5 Å². The zero-order valence-electron chi connectivity index (χ0n) is 6.65. The Bertz CT molecular complexity index is 76.6. The van der Waals surface area contributed by atoms with Gasteiger partial charge in [0.2, 0.25) is 0 Å². The molecule has 0 fully saturated rings. The molecule has 0 radical (unpaired) electrons. The maximum atomic E-state index is 2.97. The molecule has 0 aliphatic carbocycles. The molecule has 1 N–H and O–H groups in total. The molecular formula is C8H17N. The number of rotatable bonds is 4. The fraction of sp³-hybridized carbons (Fsp3) is 0.750. The lowest BCUT2D eigenvalue weighted by Crippen LogP contribution is -1.93. The number of hydrogen-bond acceptors (Lipinski definition) is 1. The Labute approximate surface area is 58.2 Å². The van der Waals surface area contributed by atoms with Crippen molar-refractivity contribution >= 4 is 0 Å². The van der Waals surface area contributed by atoms with Crippen LogP contribution >= 0.6 is 0 Å². The fourth-order valence-corrected chi connectivity index (χ4v) is 0.585. The minimum atomic E-state index is 0.828. The lowest BCUT2D eigenvalue weighted by atomic mass is 10.1. The van der Waals surface area contributed by atoms with Crippen LogP contribution in [0.1, 0.15) is 26.7 Å². The van der Waals surface area contributed by atoms with Gasteiger partial charge in [-0.1, -0.05) is 26.3 Å². The normalized spacial score (nSPS) is 14.1. The Hall–Kier alpha value is -0.460. The van der Waals surface area contributed by atoms with Gasteiger partial charge in [-0.15, -0.1) is 0 Å². The highest BCUT2D eigenvalue weighted by atomic mass is 14.8. The predicted molar refractivity (Wildman–Crippen MR) is 42.3 cm³/mol. The van der Waals surface area contributed by atoms with Gasteiger partial charge in [-0.2, -0.15) is 0 Å². The first kappa shape index (κ1) is 8.54. The second-order valence-electron chi connectivity index (χ2n) is 2.44. The number of allylic oxidation sites excluding steroid dienone is 1. The quantitative estimate of drug-likeness (QED) is 0.610. The Morgan fingerprint density at radius 3 is 2.67 bits per heavy atom. The van der Waals surface area contributed by atoms with Crippen molar-refractivity contribution in [2.75, 3.05) is 7.05 Å². The molecular weight excluding hydrogens is 110 g/mol. The largest absolute Gasteiger partial charge is 0.394 e. The van der Waals surface area contributed by atoms with Gasteiger partial charge in [0.1, 0.15) is 0 Å². The van der Waals surface area contributed by atoms with Crippen LogP contribution < -0.4 is 5.32 Å². The molecule has 1 atom stereocenters.